The van der Waals surface area contributed by atoms with Crippen LogP contribution in [0.5, 0.6) is 0 Å². The normalized spacial score (nSPS) is 34.1. The van der Waals surface area contributed by atoms with Crippen LogP contribution < -0.4 is 5.32 Å². The molecule has 112 valence electrons. The van der Waals surface area contributed by atoms with Gasteiger partial charge in [-0.25, -0.2) is 0 Å². The summed E-state index contributed by atoms with van der Waals surface area (Å²) in [7, 11) is 0. The molecular formula is C17H34N2. The molecular weight excluding hydrogens is 232 g/mol. The quantitative estimate of drug-likeness (QED) is 0.764. The van der Waals surface area contributed by atoms with E-state index < -0.39 is 0 Å². The molecule has 0 spiro atoms. The van der Waals surface area contributed by atoms with Crippen molar-refractivity contribution in [1.82, 2.24) is 10.2 Å². The van der Waals surface area contributed by atoms with Gasteiger partial charge < -0.3 is 10.2 Å². The third kappa shape index (κ3) is 5.07. The van der Waals surface area contributed by atoms with Gasteiger partial charge in [-0.2, -0.15) is 0 Å². The van der Waals surface area contributed by atoms with Gasteiger partial charge in [-0.3, -0.25) is 0 Å². The standard InChI is InChI=1S/C17H34N2/c1-3-11-18-17-10-6-4-5-9-16(17)14-19-12-7-8-15(2)13-19/h15-18H,3-14H2,1-2H3. The molecule has 2 fully saturated rings. The maximum Gasteiger partial charge on any atom is 0.0107 e. The number of nitrogens with zero attached hydrogens (tertiary/aromatic N) is 1. The second kappa shape index (κ2) is 8.26. The summed E-state index contributed by atoms with van der Waals surface area (Å²) in [4.78, 5) is 2.75. The van der Waals surface area contributed by atoms with Crippen LogP contribution in [0.2, 0.25) is 0 Å². The third-order valence-electron chi connectivity index (χ3n) is 5.05. The van der Waals surface area contributed by atoms with Crippen molar-refractivity contribution in [3.63, 3.8) is 0 Å². The number of rotatable bonds is 5. The van der Waals surface area contributed by atoms with Gasteiger partial charge in [-0.1, -0.05) is 33.1 Å². The summed E-state index contributed by atoms with van der Waals surface area (Å²) < 4.78 is 0. The smallest absolute Gasteiger partial charge is 0.0107 e. The van der Waals surface area contributed by atoms with Crippen molar-refractivity contribution in [2.75, 3.05) is 26.2 Å². The van der Waals surface area contributed by atoms with E-state index >= 15 is 0 Å². The van der Waals surface area contributed by atoms with E-state index in [2.05, 4.69) is 24.1 Å². The van der Waals surface area contributed by atoms with Crippen LogP contribution in [0.4, 0.5) is 0 Å². The van der Waals surface area contributed by atoms with Crippen molar-refractivity contribution < 1.29 is 0 Å². The second-order valence-electron chi connectivity index (χ2n) is 6.97. The van der Waals surface area contributed by atoms with Gasteiger partial charge in [0.2, 0.25) is 0 Å². The minimum Gasteiger partial charge on any atom is -0.314 e. The maximum absolute atomic E-state index is 3.84. The Hall–Kier alpha value is -0.0800. The summed E-state index contributed by atoms with van der Waals surface area (Å²) in [5.74, 6) is 1.82. The maximum atomic E-state index is 3.84. The van der Waals surface area contributed by atoms with Gasteiger partial charge in [-0.05, 0) is 57.0 Å². The minimum absolute atomic E-state index is 0.791. The molecule has 1 heterocycles. The Kier molecular flexibility index (Phi) is 6.66. The predicted octanol–water partition coefficient (Wildman–Crippen LogP) is 3.67. The second-order valence-corrected chi connectivity index (χ2v) is 6.97. The highest BCUT2D eigenvalue weighted by Crippen LogP contribution is 2.26. The summed E-state index contributed by atoms with van der Waals surface area (Å²) in [6.45, 7) is 9.96. The van der Waals surface area contributed by atoms with E-state index in [9.17, 15) is 0 Å². The molecule has 1 saturated heterocycles. The van der Waals surface area contributed by atoms with Crippen molar-refractivity contribution in [3.8, 4) is 0 Å². The topological polar surface area (TPSA) is 15.3 Å². The van der Waals surface area contributed by atoms with Gasteiger partial charge in [0, 0.05) is 19.1 Å². The number of likely N-dealkylation sites (tertiary alicyclic amines) is 1. The fourth-order valence-corrected chi connectivity index (χ4v) is 3.99. The van der Waals surface area contributed by atoms with Crippen molar-refractivity contribution >= 4 is 0 Å². The number of hydrogen-bond donors (Lipinski definition) is 1. The van der Waals surface area contributed by atoms with Crippen LogP contribution >= 0.6 is 0 Å². The van der Waals surface area contributed by atoms with Crippen molar-refractivity contribution in [2.24, 2.45) is 11.8 Å². The summed E-state index contributed by atoms with van der Waals surface area (Å²) in [6.07, 6.45) is 11.3. The lowest BCUT2D eigenvalue weighted by atomic mass is 9.92. The van der Waals surface area contributed by atoms with Crippen molar-refractivity contribution in [1.29, 1.82) is 0 Å². The summed E-state index contributed by atoms with van der Waals surface area (Å²) in [5.41, 5.74) is 0. The Labute approximate surface area is 120 Å². The van der Waals surface area contributed by atoms with Crippen LogP contribution in [-0.4, -0.2) is 37.1 Å². The monoisotopic (exact) mass is 266 g/mol. The van der Waals surface area contributed by atoms with E-state index in [1.807, 2.05) is 0 Å². The zero-order valence-corrected chi connectivity index (χ0v) is 13.2. The molecule has 0 amide bonds. The molecule has 3 atom stereocenters. The van der Waals surface area contributed by atoms with E-state index in [0.717, 1.165) is 17.9 Å². The Morgan fingerprint density at radius 2 is 1.89 bits per heavy atom. The van der Waals surface area contributed by atoms with Gasteiger partial charge >= 0.3 is 0 Å². The van der Waals surface area contributed by atoms with Crippen LogP contribution in [0.15, 0.2) is 0 Å². The fourth-order valence-electron chi connectivity index (χ4n) is 3.99. The van der Waals surface area contributed by atoms with Gasteiger partial charge in [0.05, 0.1) is 0 Å². The Morgan fingerprint density at radius 1 is 1.05 bits per heavy atom. The first-order chi connectivity index (χ1) is 9.29. The van der Waals surface area contributed by atoms with Crippen LogP contribution in [0.1, 0.15) is 65.2 Å². The molecule has 1 saturated carbocycles. The highest BCUT2D eigenvalue weighted by molar-refractivity contribution is 4.83. The summed E-state index contributed by atoms with van der Waals surface area (Å²) in [6, 6.07) is 0.791. The van der Waals surface area contributed by atoms with Crippen LogP contribution in [0.3, 0.4) is 0 Å². The zero-order valence-electron chi connectivity index (χ0n) is 13.2. The number of nitrogens with one attached hydrogen (secondary N) is 1. The molecule has 2 aliphatic rings. The van der Waals surface area contributed by atoms with E-state index in [4.69, 9.17) is 0 Å². The molecule has 0 radical (unpaired) electrons. The van der Waals surface area contributed by atoms with E-state index in [0.29, 0.717) is 0 Å². The summed E-state index contributed by atoms with van der Waals surface area (Å²) >= 11 is 0. The van der Waals surface area contributed by atoms with E-state index in [1.54, 1.807) is 0 Å². The lowest BCUT2D eigenvalue weighted by molar-refractivity contribution is 0.140. The first-order valence-corrected chi connectivity index (χ1v) is 8.75. The molecule has 19 heavy (non-hydrogen) atoms. The van der Waals surface area contributed by atoms with Crippen LogP contribution in [0.25, 0.3) is 0 Å². The summed E-state index contributed by atoms with van der Waals surface area (Å²) in [5, 5.41) is 3.84. The third-order valence-corrected chi connectivity index (χ3v) is 5.05. The Morgan fingerprint density at radius 3 is 2.68 bits per heavy atom. The molecule has 1 aliphatic carbocycles. The number of piperidine rings is 1. The SMILES string of the molecule is CCCNC1CCCCCC1CN1CCCC(C)C1. The fraction of sp³-hybridized carbons (Fsp3) is 1.00. The molecule has 2 rings (SSSR count). The molecule has 1 aliphatic heterocycles. The highest BCUT2D eigenvalue weighted by atomic mass is 15.1. The predicted molar refractivity (Wildman–Crippen MR) is 83.5 cm³/mol. The molecule has 0 bridgehead atoms. The molecule has 0 aromatic carbocycles. The van der Waals surface area contributed by atoms with Crippen LogP contribution in [0, 0.1) is 11.8 Å². The lowest BCUT2D eigenvalue weighted by Gasteiger charge is -2.36. The molecule has 1 N–H and O–H groups in total. The van der Waals surface area contributed by atoms with Crippen molar-refractivity contribution in [3.05, 3.63) is 0 Å². The first-order valence-electron chi connectivity index (χ1n) is 8.75. The zero-order chi connectivity index (χ0) is 13.5. The molecule has 3 unspecified atom stereocenters. The van der Waals surface area contributed by atoms with Gasteiger partial charge in [0.1, 0.15) is 0 Å². The van der Waals surface area contributed by atoms with Gasteiger partial charge in [0.25, 0.3) is 0 Å². The lowest BCUT2D eigenvalue weighted by Crippen LogP contribution is -2.44. The largest absolute Gasteiger partial charge is 0.314 e. The van der Waals surface area contributed by atoms with E-state index in [1.165, 1.54) is 77.5 Å². The van der Waals surface area contributed by atoms with E-state index in [-0.39, 0.29) is 0 Å². The van der Waals surface area contributed by atoms with Crippen molar-refractivity contribution in [2.45, 2.75) is 71.3 Å². The number of hydrogen-bond acceptors (Lipinski definition) is 2. The average molecular weight is 266 g/mol. The first kappa shape index (κ1) is 15.3. The van der Waals surface area contributed by atoms with Gasteiger partial charge in [-0.15, -0.1) is 0 Å². The molecule has 0 aromatic heterocycles. The minimum atomic E-state index is 0.791. The van der Waals surface area contributed by atoms with Gasteiger partial charge in [0.15, 0.2) is 0 Å². The Balaban J connectivity index is 1.85. The average Bonchev–Trinajstić information content (AvgIpc) is 2.62. The molecule has 2 nitrogen and oxygen atoms in total. The van der Waals surface area contributed by atoms with Crippen LogP contribution in [-0.2, 0) is 0 Å². The Bertz CT molecular complexity index is 241. The molecule has 0 aromatic rings. The highest BCUT2D eigenvalue weighted by Gasteiger charge is 2.26. The molecule has 2 heteroatoms.